The summed E-state index contributed by atoms with van der Waals surface area (Å²) in [6.45, 7) is 2.29. The standard InChI is InChI=1S/C14H21FN2O/c1-18-13-6-5-11(14(15)8-13)10-17-7-3-2-4-12(17)9-16/h5-6,8,12H,2-4,7,9-10,16H2,1H3. The summed E-state index contributed by atoms with van der Waals surface area (Å²) in [6, 6.07) is 5.44. The number of ether oxygens (including phenoxy) is 1. The highest BCUT2D eigenvalue weighted by Gasteiger charge is 2.21. The monoisotopic (exact) mass is 252 g/mol. The topological polar surface area (TPSA) is 38.5 Å². The van der Waals surface area contributed by atoms with Gasteiger partial charge < -0.3 is 10.5 Å². The Balaban J connectivity index is 2.07. The highest BCUT2D eigenvalue weighted by molar-refractivity contribution is 5.28. The van der Waals surface area contributed by atoms with E-state index in [2.05, 4.69) is 4.90 Å². The predicted molar refractivity (Wildman–Crippen MR) is 70.1 cm³/mol. The fraction of sp³-hybridized carbons (Fsp3) is 0.571. The summed E-state index contributed by atoms with van der Waals surface area (Å²) in [7, 11) is 1.55. The van der Waals surface area contributed by atoms with Crippen molar-refractivity contribution in [1.29, 1.82) is 0 Å². The van der Waals surface area contributed by atoms with Gasteiger partial charge in [-0.05, 0) is 25.5 Å². The SMILES string of the molecule is COc1ccc(CN2CCCCC2CN)c(F)c1. The Kier molecular flexibility index (Phi) is 4.55. The molecule has 2 rings (SSSR count). The molecule has 0 saturated carbocycles. The third-order valence-corrected chi connectivity index (χ3v) is 3.65. The van der Waals surface area contributed by atoms with Gasteiger partial charge in [-0.2, -0.15) is 0 Å². The molecule has 18 heavy (non-hydrogen) atoms. The van der Waals surface area contributed by atoms with Gasteiger partial charge in [0.05, 0.1) is 7.11 Å². The number of hydrogen-bond acceptors (Lipinski definition) is 3. The van der Waals surface area contributed by atoms with Crippen molar-refractivity contribution in [1.82, 2.24) is 4.90 Å². The van der Waals surface area contributed by atoms with E-state index in [-0.39, 0.29) is 5.82 Å². The maximum atomic E-state index is 13.9. The Morgan fingerprint density at radius 1 is 1.44 bits per heavy atom. The molecule has 0 amide bonds. The molecule has 1 saturated heterocycles. The summed E-state index contributed by atoms with van der Waals surface area (Å²) in [6.07, 6.45) is 3.52. The van der Waals surface area contributed by atoms with Crippen LogP contribution in [0.3, 0.4) is 0 Å². The molecular formula is C14H21FN2O. The van der Waals surface area contributed by atoms with Gasteiger partial charge in [-0.1, -0.05) is 12.5 Å². The zero-order valence-electron chi connectivity index (χ0n) is 10.9. The quantitative estimate of drug-likeness (QED) is 0.892. The van der Waals surface area contributed by atoms with E-state index < -0.39 is 0 Å². The normalized spacial score (nSPS) is 20.9. The van der Waals surface area contributed by atoms with Gasteiger partial charge in [-0.3, -0.25) is 4.90 Å². The second-order valence-electron chi connectivity index (χ2n) is 4.81. The van der Waals surface area contributed by atoms with Crippen molar-refractivity contribution in [3.8, 4) is 5.75 Å². The molecular weight excluding hydrogens is 231 g/mol. The largest absolute Gasteiger partial charge is 0.497 e. The van der Waals surface area contributed by atoms with Crippen LogP contribution in [0, 0.1) is 5.82 Å². The predicted octanol–water partition coefficient (Wildman–Crippen LogP) is 2.15. The first-order valence-electron chi connectivity index (χ1n) is 6.51. The minimum atomic E-state index is -0.198. The van der Waals surface area contributed by atoms with Crippen molar-refractivity contribution in [2.24, 2.45) is 5.73 Å². The van der Waals surface area contributed by atoms with Crippen LogP contribution in [-0.4, -0.2) is 31.1 Å². The minimum Gasteiger partial charge on any atom is -0.497 e. The van der Waals surface area contributed by atoms with Gasteiger partial charge in [0.15, 0.2) is 0 Å². The molecule has 0 bridgehead atoms. The number of piperidine rings is 1. The third kappa shape index (κ3) is 3.00. The molecule has 100 valence electrons. The molecule has 0 aromatic heterocycles. The number of rotatable bonds is 4. The molecule has 0 spiro atoms. The summed E-state index contributed by atoms with van der Waals surface area (Å²) in [5, 5.41) is 0. The molecule has 0 aliphatic carbocycles. The molecule has 1 aliphatic rings. The number of likely N-dealkylation sites (tertiary alicyclic amines) is 1. The molecule has 1 heterocycles. The van der Waals surface area contributed by atoms with Crippen LogP contribution in [0.15, 0.2) is 18.2 Å². The van der Waals surface area contributed by atoms with E-state index in [4.69, 9.17) is 10.5 Å². The molecule has 3 nitrogen and oxygen atoms in total. The van der Waals surface area contributed by atoms with Crippen molar-refractivity contribution < 1.29 is 9.13 Å². The van der Waals surface area contributed by atoms with Gasteiger partial charge in [0.1, 0.15) is 11.6 Å². The summed E-state index contributed by atoms with van der Waals surface area (Å²) in [4.78, 5) is 2.29. The number of nitrogens with zero attached hydrogens (tertiary/aromatic N) is 1. The Morgan fingerprint density at radius 2 is 2.28 bits per heavy atom. The average molecular weight is 252 g/mol. The van der Waals surface area contributed by atoms with Crippen LogP contribution in [0.25, 0.3) is 0 Å². The van der Waals surface area contributed by atoms with Crippen molar-refractivity contribution in [3.05, 3.63) is 29.6 Å². The first kappa shape index (κ1) is 13.3. The van der Waals surface area contributed by atoms with Gasteiger partial charge in [-0.15, -0.1) is 0 Å². The van der Waals surface area contributed by atoms with Gasteiger partial charge in [0, 0.05) is 30.8 Å². The first-order valence-corrected chi connectivity index (χ1v) is 6.51. The summed E-state index contributed by atoms with van der Waals surface area (Å²) >= 11 is 0. The van der Waals surface area contributed by atoms with E-state index in [1.165, 1.54) is 18.9 Å². The highest BCUT2D eigenvalue weighted by atomic mass is 19.1. The number of nitrogens with two attached hydrogens (primary N) is 1. The molecule has 1 aromatic rings. The average Bonchev–Trinajstić information content (AvgIpc) is 2.41. The van der Waals surface area contributed by atoms with Gasteiger partial charge in [-0.25, -0.2) is 4.39 Å². The van der Waals surface area contributed by atoms with Crippen LogP contribution in [0.5, 0.6) is 5.75 Å². The molecule has 2 N–H and O–H groups in total. The van der Waals surface area contributed by atoms with Crippen molar-refractivity contribution in [3.63, 3.8) is 0 Å². The fourth-order valence-electron chi connectivity index (χ4n) is 2.54. The van der Waals surface area contributed by atoms with Crippen LogP contribution in [0.1, 0.15) is 24.8 Å². The Hall–Kier alpha value is -1.13. The molecule has 1 unspecified atom stereocenters. The summed E-state index contributed by atoms with van der Waals surface area (Å²) < 4.78 is 18.9. The molecule has 1 atom stereocenters. The third-order valence-electron chi connectivity index (χ3n) is 3.65. The van der Waals surface area contributed by atoms with Crippen molar-refractivity contribution >= 4 is 0 Å². The molecule has 1 aromatic carbocycles. The highest BCUT2D eigenvalue weighted by Crippen LogP contribution is 2.22. The number of halogens is 1. The molecule has 1 fully saturated rings. The van der Waals surface area contributed by atoms with E-state index in [1.807, 2.05) is 0 Å². The number of hydrogen-bond donors (Lipinski definition) is 1. The van der Waals surface area contributed by atoms with Gasteiger partial charge >= 0.3 is 0 Å². The van der Waals surface area contributed by atoms with Crippen LogP contribution in [-0.2, 0) is 6.54 Å². The van der Waals surface area contributed by atoms with Gasteiger partial charge in [0.2, 0.25) is 0 Å². The number of benzene rings is 1. The second-order valence-corrected chi connectivity index (χ2v) is 4.81. The summed E-state index contributed by atoms with van der Waals surface area (Å²) in [5.74, 6) is 0.362. The minimum absolute atomic E-state index is 0.198. The number of methoxy groups -OCH3 is 1. The van der Waals surface area contributed by atoms with E-state index in [0.29, 0.717) is 24.9 Å². The summed E-state index contributed by atoms with van der Waals surface area (Å²) in [5.41, 5.74) is 6.49. The zero-order chi connectivity index (χ0) is 13.0. The molecule has 1 aliphatic heterocycles. The van der Waals surface area contributed by atoms with Crippen molar-refractivity contribution in [2.75, 3.05) is 20.2 Å². The van der Waals surface area contributed by atoms with Crippen molar-refractivity contribution in [2.45, 2.75) is 31.8 Å². The fourth-order valence-corrected chi connectivity index (χ4v) is 2.54. The van der Waals surface area contributed by atoms with E-state index in [1.54, 1.807) is 19.2 Å². The maximum absolute atomic E-state index is 13.9. The van der Waals surface area contributed by atoms with E-state index >= 15 is 0 Å². The van der Waals surface area contributed by atoms with Crippen LogP contribution >= 0.6 is 0 Å². The smallest absolute Gasteiger partial charge is 0.131 e. The first-order chi connectivity index (χ1) is 8.74. The van der Waals surface area contributed by atoms with E-state index in [9.17, 15) is 4.39 Å². The lowest BCUT2D eigenvalue weighted by Crippen LogP contribution is -2.43. The zero-order valence-corrected chi connectivity index (χ0v) is 10.9. The maximum Gasteiger partial charge on any atom is 0.131 e. The lowest BCUT2D eigenvalue weighted by molar-refractivity contribution is 0.143. The van der Waals surface area contributed by atoms with Crippen LogP contribution in [0.2, 0.25) is 0 Å². The Bertz CT molecular complexity index is 397. The van der Waals surface area contributed by atoms with Gasteiger partial charge in [0.25, 0.3) is 0 Å². The molecule has 0 radical (unpaired) electrons. The lowest BCUT2D eigenvalue weighted by Gasteiger charge is -2.35. The lowest BCUT2D eigenvalue weighted by atomic mass is 10.0. The van der Waals surface area contributed by atoms with Crippen LogP contribution in [0.4, 0.5) is 4.39 Å². The second kappa shape index (κ2) is 6.16. The van der Waals surface area contributed by atoms with E-state index in [0.717, 1.165) is 18.5 Å². The Labute approximate surface area is 108 Å². The molecule has 4 heteroatoms. The Morgan fingerprint density at radius 3 is 2.94 bits per heavy atom. The van der Waals surface area contributed by atoms with Crippen LogP contribution < -0.4 is 10.5 Å².